The van der Waals surface area contributed by atoms with E-state index in [0.29, 0.717) is 13.1 Å². The molecule has 0 aromatic heterocycles. The average molecular weight is 248 g/mol. The summed E-state index contributed by atoms with van der Waals surface area (Å²) in [7, 11) is 1.33. The first kappa shape index (κ1) is 12.4. The number of para-hydroxylation sites is 1. The molecule has 18 heavy (non-hydrogen) atoms. The van der Waals surface area contributed by atoms with Gasteiger partial charge >= 0.3 is 12.0 Å². The lowest BCUT2D eigenvalue weighted by Gasteiger charge is -2.17. The van der Waals surface area contributed by atoms with Gasteiger partial charge in [0.05, 0.1) is 13.5 Å². The van der Waals surface area contributed by atoms with Gasteiger partial charge in [-0.05, 0) is 18.1 Å². The maximum atomic E-state index is 11.9. The van der Waals surface area contributed by atoms with Crippen LogP contribution in [-0.4, -0.2) is 32.2 Å². The van der Waals surface area contributed by atoms with E-state index in [2.05, 4.69) is 10.1 Å². The molecule has 1 aliphatic rings. The van der Waals surface area contributed by atoms with Crippen LogP contribution >= 0.6 is 0 Å². The fourth-order valence-corrected chi connectivity index (χ4v) is 2.02. The Balaban J connectivity index is 1.90. The molecular formula is C13H16N2O3. The van der Waals surface area contributed by atoms with E-state index in [-0.39, 0.29) is 18.4 Å². The molecule has 0 fully saturated rings. The summed E-state index contributed by atoms with van der Waals surface area (Å²) in [6.45, 7) is 0.980. The normalized spacial score (nSPS) is 13.1. The molecule has 0 bridgehead atoms. The number of rotatable bonds is 3. The van der Waals surface area contributed by atoms with Gasteiger partial charge in [-0.1, -0.05) is 18.2 Å². The highest BCUT2D eigenvalue weighted by molar-refractivity contribution is 5.94. The van der Waals surface area contributed by atoms with Gasteiger partial charge < -0.3 is 10.1 Å². The Morgan fingerprint density at radius 1 is 1.39 bits per heavy atom. The Morgan fingerprint density at radius 2 is 2.17 bits per heavy atom. The lowest BCUT2D eigenvalue weighted by molar-refractivity contribution is -0.140. The molecule has 2 rings (SSSR count). The number of amides is 2. The number of nitrogens with one attached hydrogen (secondary N) is 1. The van der Waals surface area contributed by atoms with Gasteiger partial charge in [0.15, 0.2) is 0 Å². The summed E-state index contributed by atoms with van der Waals surface area (Å²) in [6.07, 6.45) is 1.07. The number of ether oxygens (including phenoxy) is 1. The van der Waals surface area contributed by atoms with E-state index in [1.165, 1.54) is 12.7 Å². The summed E-state index contributed by atoms with van der Waals surface area (Å²) >= 11 is 0. The van der Waals surface area contributed by atoms with Crippen molar-refractivity contribution in [3.8, 4) is 0 Å². The molecule has 5 heteroatoms. The number of hydrogen-bond donors (Lipinski definition) is 1. The van der Waals surface area contributed by atoms with Gasteiger partial charge in [0, 0.05) is 18.8 Å². The molecule has 0 atom stereocenters. The van der Waals surface area contributed by atoms with Crippen LogP contribution in [0.1, 0.15) is 12.0 Å². The lowest BCUT2D eigenvalue weighted by atomic mass is 10.2. The Kier molecular flexibility index (Phi) is 3.82. The molecule has 1 N–H and O–H groups in total. The summed E-state index contributed by atoms with van der Waals surface area (Å²) < 4.78 is 4.51. The van der Waals surface area contributed by atoms with E-state index in [0.717, 1.165) is 12.1 Å². The van der Waals surface area contributed by atoms with Crippen LogP contribution in [-0.2, 0) is 16.0 Å². The van der Waals surface area contributed by atoms with E-state index in [9.17, 15) is 9.59 Å². The van der Waals surface area contributed by atoms with Crippen molar-refractivity contribution in [1.29, 1.82) is 0 Å². The summed E-state index contributed by atoms with van der Waals surface area (Å²) in [5.74, 6) is -0.322. The van der Waals surface area contributed by atoms with Crippen LogP contribution in [0.25, 0.3) is 0 Å². The second-order valence-corrected chi connectivity index (χ2v) is 4.09. The van der Waals surface area contributed by atoms with Crippen molar-refractivity contribution in [3.05, 3.63) is 29.8 Å². The molecule has 0 unspecified atom stereocenters. The van der Waals surface area contributed by atoms with Crippen molar-refractivity contribution in [2.75, 3.05) is 25.1 Å². The van der Waals surface area contributed by atoms with Gasteiger partial charge in [0.1, 0.15) is 0 Å². The molecule has 0 aliphatic carbocycles. The minimum absolute atomic E-state index is 0.163. The monoisotopic (exact) mass is 248 g/mol. The standard InChI is InChI=1S/C13H16N2O3/c1-18-12(16)6-8-14-13(17)15-9-7-10-4-2-3-5-11(10)15/h2-5H,6-9H2,1H3,(H,14,17). The molecule has 0 spiro atoms. The van der Waals surface area contributed by atoms with E-state index in [4.69, 9.17) is 0 Å². The minimum atomic E-state index is -0.322. The first-order valence-electron chi connectivity index (χ1n) is 5.92. The summed E-state index contributed by atoms with van der Waals surface area (Å²) in [5.41, 5.74) is 2.13. The Bertz CT molecular complexity index is 459. The van der Waals surface area contributed by atoms with Crippen LogP contribution in [0, 0.1) is 0 Å². The number of urea groups is 1. The molecule has 2 amide bonds. The van der Waals surface area contributed by atoms with Crippen LogP contribution < -0.4 is 10.2 Å². The average Bonchev–Trinajstić information content (AvgIpc) is 2.82. The zero-order valence-corrected chi connectivity index (χ0v) is 10.3. The molecule has 0 radical (unpaired) electrons. The van der Waals surface area contributed by atoms with E-state index in [1.54, 1.807) is 4.90 Å². The molecule has 0 saturated carbocycles. The number of methoxy groups -OCH3 is 1. The van der Waals surface area contributed by atoms with Crippen LogP contribution in [0.3, 0.4) is 0 Å². The summed E-state index contributed by atoms with van der Waals surface area (Å²) in [5, 5.41) is 2.72. The van der Waals surface area contributed by atoms with E-state index in [1.807, 2.05) is 24.3 Å². The maximum Gasteiger partial charge on any atom is 0.321 e. The highest BCUT2D eigenvalue weighted by atomic mass is 16.5. The van der Waals surface area contributed by atoms with E-state index >= 15 is 0 Å². The van der Waals surface area contributed by atoms with Crippen molar-refractivity contribution in [2.24, 2.45) is 0 Å². The van der Waals surface area contributed by atoms with Gasteiger partial charge in [-0.3, -0.25) is 9.69 Å². The molecule has 1 aromatic carbocycles. The van der Waals surface area contributed by atoms with Gasteiger partial charge in [0.25, 0.3) is 0 Å². The minimum Gasteiger partial charge on any atom is -0.469 e. The lowest BCUT2D eigenvalue weighted by Crippen LogP contribution is -2.39. The number of carbonyl (C=O) groups is 2. The first-order chi connectivity index (χ1) is 8.72. The zero-order valence-electron chi connectivity index (χ0n) is 10.3. The van der Waals surface area contributed by atoms with Gasteiger partial charge in [-0.15, -0.1) is 0 Å². The summed E-state index contributed by atoms with van der Waals surface area (Å²) in [4.78, 5) is 24.6. The first-order valence-corrected chi connectivity index (χ1v) is 5.92. The van der Waals surface area contributed by atoms with Crippen LogP contribution in [0.5, 0.6) is 0 Å². The Morgan fingerprint density at radius 3 is 2.94 bits per heavy atom. The number of nitrogens with zero attached hydrogens (tertiary/aromatic N) is 1. The molecule has 1 aromatic rings. The predicted molar refractivity (Wildman–Crippen MR) is 67.5 cm³/mol. The van der Waals surface area contributed by atoms with Crippen molar-refractivity contribution in [1.82, 2.24) is 5.32 Å². The van der Waals surface area contributed by atoms with Crippen molar-refractivity contribution in [2.45, 2.75) is 12.8 Å². The van der Waals surface area contributed by atoms with Gasteiger partial charge in [-0.25, -0.2) is 4.79 Å². The topological polar surface area (TPSA) is 58.6 Å². The number of anilines is 1. The number of fused-ring (bicyclic) bond motifs is 1. The van der Waals surface area contributed by atoms with Crippen molar-refractivity contribution >= 4 is 17.7 Å². The smallest absolute Gasteiger partial charge is 0.321 e. The van der Waals surface area contributed by atoms with Crippen molar-refractivity contribution in [3.63, 3.8) is 0 Å². The van der Waals surface area contributed by atoms with Gasteiger partial charge in [0.2, 0.25) is 0 Å². The van der Waals surface area contributed by atoms with Crippen LogP contribution in [0.2, 0.25) is 0 Å². The number of carbonyl (C=O) groups excluding carboxylic acids is 2. The number of benzene rings is 1. The summed E-state index contributed by atoms with van der Waals surface area (Å²) in [6, 6.07) is 7.68. The highest BCUT2D eigenvalue weighted by Gasteiger charge is 2.23. The largest absolute Gasteiger partial charge is 0.469 e. The van der Waals surface area contributed by atoms with Crippen molar-refractivity contribution < 1.29 is 14.3 Å². The quantitative estimate of drug-likeness (QED) is 0.821. The SMILES string of the molecule is COC(=O)CCNC(=O)N1CCc2ccccc21. The predicted octanol–water partition coefficient (Wildman–Crippen LogP) is 1.32. The molecular weight excluding hydrogens is 232 g/mol. The fourth-order valence-electron chi connectivity index (χ4n) is 2.02. The van der Waals surface area contributed by atoms with Crippen LogP contribution in [0.15, 0.2) is 24.3 Å². The molecule has 96 valence electrons. The third kappa shape index (κ3) is 2.61. The molecule has 5 nitrogen and oxygen atoms in total. The molecule has 1 aliphatic heterocycles. The second-order valence-electron chi connectivity index (χ2n) is 4.09. The third-order valence-corrected chi connectivity index (χ3v) is 2.97. The molecule has 1 heterocycles. The Hall–Kier alpha value is -2.04. The fraction of sp³-hybridized carbons (Fsp3) is 0.385. The third-order valence-electron chi connectivity index (χ3n) is 2.97. The number of esters is 1. The van der Waals surface area contributed by atoms with Gasteiger partial charge in [-0.2, -0.15) is 0 Å². The highest BCUT2D eigenvalue weighted by Crippen LogP contribution is 2.27. The number of hydrogen-bond acceptors (Lipinski definition) is 3. The zero-order chi connectivity index (χ0) is 13.0. The van der Waals surface area contributed by atoms with E-state index < -0.39 is 0 Å². The van der Waals surface area contributed by atoms with Crippen LogP contribution in [0.4, 0.5) is 10.5 Å². The molecule has 0 saturated heterocycles. The maximum absolute atomic E-state index is 11.9. The second kappa shape index (κ2) is 5.53. The Labute approximate surface area is 106 Å².